The molecule has 0 aromatic heterocycles. The van der Waals surface area contributed by atoms with Crippen molar-refractivity contribution in [3.63, 3.8) is 0 Å². The number of rotatable bonds is 1. The Morgan fingerprint density at radius 3 is 2.45 bits per heavy atom. The van der Waals surface area contributed by atoms with E-state index in [-0.39, 0.29) is 29.9 Å². The largest absolute Gasteiger partial charge is 0.444 e. The van der Waals surface area contributed by atoms with Gasteiger partial charge in [-0.05, 0) is 27.2 Å². The van der Waals surface area contributed by atoms with Crippen LogP contribution in [0.25, 0.3) is 0 Å². The van der Waals surface area contributed by atoms with Gasteiger partial charge in [-0.2, -0.15) is 0 Å². The molecule has 0 radical (unpaired) electrons. The van der Waals surface area contributed by atoms with Gasteiger partial charge in [0.25, 0.3) is 0 Å². The van der Waals surface area contributed by atoms with Crippen molar-refractivity contribution in [2.45, 2.75) is 65.2 Å². The van der Waals surface area contributed by atoms with Crippen molar-refractivity contribution in [3.05, 3.63) is 0 Å². The first-order valence-corrected chi connectivity index (χ1v) is 7.95. The van der Waals surface area contributed by atoms with Crippen LogP contribution in [0.15, 0.2) is 0 Å². The maximum atomic E-state index is 12.2. The average Bonchev–Trinajstić information content (AvgIpc) is 2.64. The monoisotopic (exact) mass is 312 g/mol. The Labute approximate surface area is 132 Å². The van der Waals surface area contributed by atoms with Crippen LogP contribution in [0.1, 0.15) is 47.5 Å². The first kappa shape index (κ1) is 17.1. The van der Waals surface area contributed by atoms with Gasteiger partial charge in [-0.1, -0.05) is 13.8 Å². The number of aliphatic hydroxyl groups is 1. The van der Waals surface area contributed by atoms with E-state index in [0.717, 1.165) is 0 Å². The van der Waals surface area contributed by atoms with Crippen molar-refractivity contribution >= 4 is 12.0 Å². The zero-order valence-electron chi connectivity index (χ0n) is 14.3. The van der Waals surface area contributed by atoms with E-state index in [1.54, 1.807) is 9.80 Å². The molecule has 126 valence electrons. The van der Waals surface area contributed by atoms with E-state index in [1.165, 1.54) is 0 Å². The lowest BCUT2D eigenvalue weighted by Gasteiger charge is -2.47. The number of piperidine rings is 1. The summed E-state index contributed by atoms with van der Waals surface area (Å²) < 4.78 is 5.44. The number of β-amino-alcohol motifs (C(OH)–C–C–N with tert-alkyl or cyclic N) is 1. The number of nitrogens with zero attached hydrogens (tertiary/aromatic N) is 2. The molecule has 2 atom stereocenters. The molecule has 0 aliphatic carbocycles. The second kappa shape index (κ2) is 5.72. The van der Waals surface area contributed by atoms with Crippen LogP contribution in [-0.2, 0) is 9.53 Å². The maximum absolute atomic E-state index is 12.2. The number of aliphatic hydroxyl groups excluding tert-OH is 1. The molecule has 0 aromatic carbocycles. The van der Waals surface area contributed by atoms with Crippen molar-refractivity contribution in [3.8, 4) is 0 Å². The zero-order chi connectivity index (χ0) is 16.7. The molecule has 0 aromatic rings. The van der Waals surface area contributed by atoms with Crippen molar-refractivity contribution in [2.75, 3.05) is 19.6 Å². The van der Waals surface area contributed by atoms with E-state index in [9.17, 15) is 14.7 Å². The standard InChI is InChI=1S/C16H28N2O4/c1-15(2,3)22-14(21)17-7-6-12(16(4,5)10-17)18-9-11(19)8-13(18)20/h11-12,19H,6-10H2,1-5H3. The first-order chi connectivity index (χ1) is 9.99. The minimum Gasteiger partial charge on any atom is -0.444 e. The molecular weight excluding hydrogens is 284 g/mol. The molecule has 2 heterocycles. The quantitative estimate of drug-likeness (QED) is 0.798. The van der Waals surface area contributed by atoms with E-state index in [4.69, 9.17) is 4.74 Å². The highest BCUT2D eigenvalue weighted by Crippen LogP contribution is 2.35. The van der Waals surface area contributed by atoms with Crippen LogP contribution in [0.4, 0.5) is 4.79 Å². The van der Waals surface area contributed by atoms with Gasteiger partial charge in [0.1, 0.15) is 5.60 Å². The number of hydrogen-bond donors (Lipinski definition) is 1. The van der Waals surface area contributed by atoms with Gasteiger partial charge in [0.15, 0.2) is 0 Å². The summed E-state index contributed by atoms with van der Waals surface area (Å²) in [4.78, 5) is 27.8. The summed E-state index contributed by atoms with van der Waals surface area (Å²) in [5.74, 6) is 0.0105. The Kier molecular flexibility index (Phi) is 4.44. The highest BCUT2D eigenvalue weighted by Gasteiger charge is 2.45. The third kappa shape index (κ3) is 3.72. The molecule has 1 N–H and O–H groups in total. The highest BCUT2D eigenvalue weighted by molar-refractivity contribution is 5.79. The second-order valence-corrected chi connectivity index (χ2v) is 8.10. The Bertz CT molecular complexity index is 456. The van der Waals surface area contributed by atoms with Crippen molar-refractivity contribution < 1.29 is 19.4 Å². The molecule has 2 aliphatic heterocycles. The summed E-state index contributed by atoms with van der Waals surface area (Å²) in [5, 5.41) is 9.69. The Balaban J connectivity index is 2.03. The van der Waals surface area contributed by atoms with Crippen LogP contribution in [-0.4, -0.2) is 64.3 Å². The van der Waals surface area contributed by atoms with Crippen LogP contribution >= 0.6 is 0 Å². The third-order valence-corrected chi connectivity index (χ3v) is 4.34. The first-order valence-electron chi connectivity index (χ1n) is 7.95. The Hall–Kier alpha value is -1.30. The maximum Gasteiger partial charge on any atom is 0.410 e. The van der Waals surface area contributed by atoms with E-state index in [2.05, 4.69) is 13.8 Å². The minimum absolute atomic E-state index is 0.0105. The van der Waals surface area contributed by atoms with Gasteiger partial charge < -0.3 is 19.6 Å². The van der Waals surface area contributed by atoms with Crippen LogP contribution in [0, 0.1) is 5.41 Å². The fourth-order valence-electron chi connectivity index (χ4n) is 3.42. The minimum atomic E-state index is -0.563. The van der Waals surface area contributed by atoms with Gasteiger partial charge in [0.05, 0.1) is 12.5 Å². The van der Waals surface area contributed by atoms with Crippen LogP contribution in [0.3, 0.4) is 0 Å². The van der Waals surface area contributed by atoms with Gasteiger partial charge >= 0.3 is 6.09 Å². The van der Waals surface area contributed by atoms with Gasteiger partial charge in [-0.3, -0.25) is 4.79 Å². The topological polar surface area (TPSA) is 70.1 Å². The molecule has 2 fully saturated rings. The summed E-state index contributed by atoms with van der Waals surface area (Å²) in [5.41, 5.74) is -0.734. The van der Waals surface area contributed by atoms with Gasteiger partial charge in [0.2, 0.25) is 5.91 Å². The molecule has 2 amide bonds. The van der Waals surface area contributed by atoms with Crippen molar-refractivity contribution in [2.24, 2.45) is 5.41 Å². The zero-order valence-corrected chi connectivity index (χ0v) is 14.3. The highest BCUT2D eigenvalue weighted by atomic mass is 16.6. The third-order valence-electron chi connectivity index (χ3n) is 4.34. The van der Waals surface area contributed by atoms with Crippen molar-refractivity contribution in [1.29, 1.82) is 0 Å². The smallest absolute Gasteiger partial charge is 0.410 e. The summed E-state index contributed by atoms with van der Waals surface area (Å²) in [6.45, 7) is 11.2. The number of ether oxygens (including phenoxy) is 1. The molecule has 6 nitrogen and oxygen atoms in total. The van der Waals surface area contributed by atoms with Crippen LogP contribution < -0.4 is 0 Å². The lowest BCUT2D eigenvalue weighted by molar-refractivity contribution is -0.133. The fourth-order valence-corrected chi connectivity index (χ4v) is 3.42. The van der Waals surface area contributed by atoms with Crippen molar-refractivity contribution in [1.82, 2.24) is 9.80 Å². The number of likely N-dealkylation sites (tertiary alicyclic amines) is 2. The molecule has 6 heteroatoms. The van der Waals surface area contributed by atoms with Crippen LogP contribution in [0.5, 0.6) is 0 Å². The molecule has 0 spiro atoms. The Morgan fingerprint density at radius 2 is 2.00 bits per heavy atom. The van der Waals surface area contributed by atoms with Gasteiger partial charge in [-0.25, -0.2) is 4.79 Å². The number of hydrogen-bond acceptors (Lipinski definition) is 4. The van der Waals surface area contributed by atoms with E-state index in [1.807, 2.05) is 20.8 Å². The molecule has 2 saturated heterocycles. The van der Waals surface area contributed by atoms with Gasteiger partial charge in [-0.15, -0.1) is 0 Å². The average molecular weight is 312 g/mol. The summed E-state index contributed by atoms with van der Waals surface area (Å²) in [6, 6.07) is 0.0517. The normalized spacial score (nSPS) is 28.9. The van der Waals surface area contributed by atoms with E-state index >= 15 is 0 Å². The molecule has 0 bridgehead atoms. The molecule has 0 saturated carbocycles. The molecule has 22 heavy (non-hydrogen) atoms. The molecule has 2 unspecified atom stereocenters. The Morgan fingerprint density at radius 1 is 1.36 bits per heavy atom. The fraction of sp³-hybridized carbons (Fsp3) is 0.875. The molecule has 2 rings (SSSR count). The van der Waals surface area contributed by atoms with Gasteiger partial charge in [0, 0.05) is 31.1 Å². The summed E-state index contributed by atoms with van der Waals surface area (Å²) >= 11 is 0. The second-order valence-electron chi connectivity index (χ2n) is 8.10. The lowest BCUT2D eigenvalue weighted by atomic mass is 9.78. The predicted octanol–water partition coefficient (Wildman–Crippen LogP) is 1.62. The molecule has 2 aliphatic rings. The summed E-state index contributed by atoms with van der Waals surface area (Å²) in [6.07, 6.45) is 0.0616. The number of carbonyl (C=O) groups is 2. The lowest BCUT2D eigenvalue weighted by Crippen LogP contribution is -2.57. The van der Waals surface area contributed by atoms with E-state index in [0.29, 0.717) is 26.1 Å². The SMILES string of the molecule is CC(C)(C)OC(=O)N1CCC(N2CC(O)CC2=O)C(C)(C)C1. The number of carbonyl (C=O) groups excluding carboxylic acids is 2. The number of amides is 2. The predicted molar refractivity (Wildman–Crippen MR) is 82.3 cm³/mol. The molecular formula is C16H28N2O4. The van der Waals surface area contributed by atoms with Crippen LogP contribution in [0.2, 0.25) is 0 Å². The summed E-state index contributed by atoms with van der Waals surface area (Å²) in [7, 11) is 0. The van der Waals surface area contributed by atoms with E-state index < -0.39 is 11.7 Å².